The van der Waals surface area contributed by atoms with Crippen LogP contribution in [0.25, 0.3) is 0 Å². The maximum Gasteiger partial charge on any atom is 0.124 e. The Kier molecular flexibility index (Phi) is 3.95. The number of pyridine rings is 1. The molecule has 0 saturated heterocycles. The molecule has 1 aromatic heterocycles. The van der Waals surface area contributed by atoms with E-state index in [-0.39, 0.29) is 6.10 Å². The Hall–Kier alpha value is -1.87. The summed E-state index contributed by atoms with van der Waals surface area (Å²) in [6.45, 7) is 0. The Bertz CT molecular complexity index is 497. The quantitative estimate of drug-likeness (QED) is 0.824. The van der Waals surface area contributed by atoms with Gasteiger partial charge < -0.3 is 9.64 Å². The van der Waals surface area contributed by atoms with Crippen LogP contribution in [-0.4, -0.2) is 26.2 Å². The Morgan fingerprint density at radius 3 is 2.44 bits per heavy atom. The van der Waals surface area contributed by atoms with Crippen molar-refractivity contribution in [2.45, 2.75) is 6.10 Å². The minimum atomic E-state index is -0.119. The van der Waals surface area contributed by atoms with E-state index in [4.69, 9.17) is 4.74 Å². The number of nitrogens with zero attached hydrogens (tertiary/aromatic N) is 2. The number of ether oxygens (including phenoxy) is 1. The van der Waals surface area contributed by atoms with Gasteiger partial charge in [-0.15, -0.1) is 0 Å². The smallest absolute Gasteiger partial charge is 0.124 e. The highest BCUT2D eigenvalue weighted by atomic mass is 16.5. The second-order valence-electron chi connectivity index (χ2n) is 4.36. The van der Waals surface area contributed by atoms with Gasteiger partial charge in [-0.05, 0) is 17.7 Å². The van der Waals surface area contributed by atoms with Crippen molar-refractivity contribution in [1.29, 1.82) is 0 Å². The maximum absolute atomic E-state index is 5.58. The molecule has 0 amide bonds. The fourth-order valence-corrected chi connectivity index (χ4v) is 1.91. The van der Waals surface area contributed by atoms with Crippen molar-refractivity contribution < 1.29 is 4.74 Å². The molecule has 94 valence electrons. The lowest BCUT2D eigenvalue weighted by molar-refractivity contribution is 0.133. The summed E-state index contributed by atoms with van der Waals surface area (Å²) >= 11 is 0. The van der Waals surface area contributed by atoms with Crippen LogP contribution in [0.5, 0.6) is 0 Å². The van der Waals surface area contributed by atoms with E-state index < -0.39 is 0 Å². The van der Waals surface area contributed by atoms with Crippen LogP contribution in [0.15, 0.2) is 48.7 Å². The monoisotopic (exact) mass is 242 g/mol. The lowest BCUT2D eigenvalue weighted by atomic mass is 10.1. The lowest BCUT2D eigenvalue weighted by Gasteiger charge is -2.18. The highest BCUT2D eigenvalue weighted by molar-refractivity contribution is 5.46. The standard InChI is InChI=1S/C15H18N2O/c1-17(2)13-9-10-16-14(11-13)15(18-3)12-7-5-4-6-8-12/h4-11,15H,1-3H3/t15-/m1/s1. The molecule has 1 heterocycles. The first-order chi connectivity index (χ1) is 8.72. The largest absolute Gasteiger partial charge is 0.378 e. The van der Waals surface area contributed by atoms with Gasteiger partial charge in [0.2, 0.25) is 0 Å². The molecule has 0 N–H and O–H groups in total. The van der Waals surface area contributed by atoms with E-state index >= 15 is 0 Å². The molecule has 0 aliphatic carbocycles. The van der Waals surface area contributed by atoms with Crippen molar-refractivity contribution in [3.8, 4) is 0 Å². The molecule has 0 spiro atoms. The summed E-state index contributed by atoms with van der Waals surface area (Å²) in [7, 11) is 5.74. The van der Waals surface area contributed by atoms with Gasteiger partial charge in [0.15, 0.2) is 0 Å². The average Bonchev–Trinajstić information content (AvgIpc) is 2.41. The zero-order valence-electron chi connectivity index (χ0n) is 11.0. The van der Waals surface area contributed by atoms with Gasteiger partial charge in [-0.2, -0.15) is 0 Å². The third-order valence-corrected chi connectivity index (χ3v) is 2.89. The average molecular weight is 242 g/mol. The number of benzene rings is 1. The van der Waals surface area contributed by atoms with E-state index in [0.29, 0.717) is 0 Å². The molecular weight excluding hydrogens is 224 g/mol. The molecule has 3 heteroatoms. The number of methoxy groups -OCH3 is 1. The second kappa shape index (κ2) is 5.65. The minimum absolute atomic E-state index is 0.119. The van der Waals surface area contributed by atoms with E-state index in [1.54, 1.807) is 7.11 Å². The number of anilines is 1. The summed E-state index contributed by atoms with van der Waals surface area (Å²) in [5.74, 6) is 0. The SMILES string of the molecule is CO[C@H](c1ccccc1)c1cc(N(C)C)ccn1. The number of hydrogen-bond acceptors (Lipinski definition) is 3. The summed E-state index contributed by atoms with van der Waals surface area (Å²) in [6.07, 6.45) is 1.70. The van der Waals surface area contributed by atoms with Gasteiger partial charge in [-0.3, -0.25) is 4.98 Å². The van der Waals surface area contributed by atoms with Crippen LogP contribution in [0, 0.1) is 0 Å². The van der Waals surface area contributed by atoms with Crippen molar-refractivity contribution in [2.24, 2.45) is 0 Å². The predicted octanol–water partition coefficient (Wildman–Crippen LogP) is 2.88. The molecule has 0 aliphatic heterocycles. The molecule has 1 aromatic carbocycles. The first-order valence-electron chi connectivity index (χ1n) is 5.93. The van der Waals surface area contributed by atoms with Gasteiger partial charge in [-0.1, -0.05) is 30.3 Å². The van der Waals surface area contributed by atoms with Crippen LogP contribution in [0.3, 0.4) is 0 Å². The predicted molar refractivity (Wildman–Crippen MR) is 73.9 cm³/mol. The first kappa shape index (κ1) is 12.6. The van der Waals surface area contributed by atoms with Crippen LogP contribution in [-0.2, 0) is 4.74 Å². The highest BCUT2D eigenvalue weighted by Gasteiger charge is 2.14. The van der Waals surface area contributed by atoms with Crippen LogP contribution >= 0.6 is 0 Å². The normalized spacial score (nSPS) is 12.2. The second-order valence-corrected chi connectivity index (χ2v) is 4.36. The van der Waals surface area contributed by atoms with E-state index in [2.05, 4.69) is 28.1 Å². The molecule has 0 aliphatic rings. The molecule has 0 radical (unpaired) electrons. The van der Waals surface area contributed by atoms with Gasteiger partial charge in [0.25, 0.3) is 0 Å². The molecule has 0 bridgehead atoms. The topological polar surface area (TPSA) is 25.4 Å². The van der Waals surface area contributed by atoms with Crippen LogP contribution in [0.4, 0.5) is 5.69 Å². The van der Waals surface area contributed by atoms with Gasteiger partial charge in [0, 0.05) is 33.1 Å². The summed E-state index contributed by atoms with van der Waals surface area (Å²) < 4.78 is 5.58. The van der Waals surface area contributed by atoms with E-state index in [0.717, 1.165) is 16.9 Å². The Labute approximate surface area is 108 Å². The molecule has 0 saturated carbocycles. The third kappa shape index (κ3) is 2.68. The van der Waals surface area contributed by atoms with Crippen LogP contribution in [0.2, 0.25) is 0 Å². The lowest BCUT2D eigenvalue weighted by Crippen LogP contribution is -2.11. The number of hydrogen-bond donors (Lipinski definition) is 0. The summed E-state index contributed by atoms with van der Waals surface area (Å²) in [6, 6.07) is 14.2. The summed E-state index contributed by atoms with van der Waals surface area (Å²) in [5, 5.41) is 0. The van der Waals surface area contributed by atoms with Crippen molar-refractivity contribution in [1.82, 2.24) is 4.98 Å². The summed E-state index contributed by atoms with van der Waals surface area (Å²) in [4.78, 5) is 6.48. The van der Waals surface area contributed by atoms with Gasteiger partial charge in [0.1, 0.15) is 6.10 Å². The molecule has 1 atom stereocenters. The van der Waals surface area contributed by atoms with E-state index in [1.807, 2.05) is 44.6 Å². The molecule has 0 unspecified atom stereocenters. The third-order valence-electron chi connectivity index (χ3n) is 2.89. The maximum atomic E-state index is 5.58. The Morgan fingerprint density at radius 2 is 1.83 bits per heavy atom. The molecule has 2 aromatic rings. The number of aromatic nitrogens is 1. The summed E-state index contributed by atoms with van der Waals surface area (Å²) in [5.41, 5.74) is 3.16. The Morgan fingerprint density at radius 1 is 1.11 bits per heavy atom. The molecular formula is C15H18N2O. The van der Waals surface area contributed by atoms with Crippen molar-refractivity contribution in [3.05, 3.63) is 59.9 Å². The first-order valence-corrected chi connectivity index (χ1v) is 5.93. The number of rotatable bonds is 4. The van der Waals surface area contributed by atoms with Crippen molar-refractivity contribution in [3.63, 3.8) is 0 Å². The zero-order valence-corrected chi connectivity index (χ0v) is 11.0. The fourth-order valence-electron chi connectivity index (χ4n) is 1.91. The van der Waals surface area contributed by atoms with Crippen molar-refractivity contribution >= 4 is 5.69 Å². The molecule has 18 heavy (non-hydrogen) atoms. The van der Waals surface area contributed by atoms with E-state index in [1.165, 1.54) is 0 Å². The van der Waals surface area contributed by atoms with Gasteiger partial charge >= 0.3 is 0 Å². The van der Waals surface area contributed by atoms with Crippen LogP contribution < -0.4 is 4.90 Å². The Balaban J connectivity index is 2.36. The highest BCUT2D eigenvalue weighted by Crippen LogP contribution is 2.25. The molecule has 2 rings (SSSR count). The fraction of sp³-hybridized carbons (Fsp3) is 0.267. The van der Waals surface area contributed by atoms with Gasteiger partial charge in [-0.25, -0.2) is 0 Å². The minimum Gasteiger partial charge on any atom is -0.378 e. The van der Waals surface area contributed by atoms with E-state index in [9.17, 15) is 0 Å². The van der Waals surface area contributed by atoms with Crippen LogP contribution in [0.1, 0.15) is 17.4 Å². The molecule has 3 nitrogen and oxygen atoms in total. The van der Waals surface area contributed by atoms with Gasteiger partial charge in [0.05, 0.1) is 5.69 Å². The van der Waals surface area contributed by atoms with Crippen molar-refractivity contribution in [2.75, 3.05) is 26.1 Å². The zero-order chi connectivity index (χ0) is 13.0. The molecule has 0 fully saturated rings.